The van der Waals surface area contributed by atoms with Crippen molar-refractivity contribution in [2.75, 3.05) is 13.1 Å². The Bertz CT molecular complexity index is 627. The van der Waals surface area contributed by atoms with Gasteiger partial charge in [-0.25, -0.2) is 0 Å². The highest BCUT2D eigenvalue weighted by molar-refractivity contribution is 5.93. The molecule has 3 N–H and O–H groups in total. The van der Waals surface area contributed by atoms with E-state index in [1.54, 1.807) is 0 Å². The third-order valence-corrected chi connectivity index (χ3v) is 4.45. The van der Waals surface area contributed by atoms with Gasteiger partial charge in [0, 0.05) is 24.7 Å². The van der Waals surface area contributed by atoms with Gasteiger partial charge in [0.05, 0.1) is 5.69 Å². The Morgan fingerprint density at radius 2 is 2.00 bits per heavy atom. The number of rotatable bonds is 3. The smallest absolute Gasteiger partial charge is 0.271 e. The molecule has 1 unspecified atom stereocenters. The zero-order chi connectivity index (χ0) is 15.5. The summed E-state index contributed by atoms with van der Waals surface area (Å²) in [6.07, 6.45) is 1.95. The van der Waals surface area contributed by atoms with Crippen LogP contribution in [0.3, 0.4) is 0 Å². The fourth-order valence-corrected chi connectivity index (χ4v) is 2.99. The van der Waals surface area contributed by atoms with E-state index in [0.717, 1.165) is 37.2 Å². The first-order valence-corrected chi connectivity index (χ1v) is 7.81. The second-order valence-corrected chi connectivity index (χ2v) is 6.02. The van der Waals surface area contributed by atoms with E-state index >= 15 is 0 Å². The molecular formula is C17H22N4O. The largest absolute Gasteiger partial charge is 0.337 e. The van der Waals surface area contributed by atoms with Gasteiger partial charge in [-0.15, -0.1) is 0 Å². The van der Waals surface area contributed by atoms with Gasteiger partial charge in [-0.1, -0.05) is 30.3 Å². The molecule has 5 nitrogen and oxygen atoms in total. The first-order chi connectivity index (χ1) is 10.6. The molecule has 2 heterocycles. The number of piperidine rings is 1. The maximum Gasteiger partial charge on any atom is 0.271 e. The van der Waals surface area contributed by atoms with E-state index in [0.29, 0.717) is 11.6 Å². The number of benzene rings is 1. The second kappa shape index (κ2) is 6.32. The second-order valence-electron chi connectivity index (χ2n) is 6.02. The summed E-state index contributed by atoms with van der Waals surface area (Å²) in [5, 5.41) is 7.12. The average Bonchev–Trinajstić information content (AvgIpc) is 3.05. The van der Waals surface area contributed by atoms with Crippen molar-refractivity contribution in [3.8, 4) is 11.3 Å². The van der Waals surface area contributed by atoms with Crippen LogP contribution in [0.15, 0.2) is 36.4 Å². The predicted molar refractivity (Wildman–Crippen MR) is 86.3 cm³/mol. The van der Waals surface area contributed by atoms with Crippen molar-refractivity contribution in [1.82, 2.24) is 15.1 Å². The van der Waals surface area contributed by atoms with Crippen LogP contribution in [0, 0.1) is 5.92 Å². The van der Waals surface area contributed by atoms with Crippen LogP contribution in [-0.4, -0.2) is 40.1 Å². The van der Waals surface area contributed by atoms with Crippen LogP contribution in [0.1, 0.15) is 30.3 Å². The summed E-state index contributed by atoms with van der Waals surface area (Å²) in [6.45, 7) is 3.58. The highest BCUT2D eigenvalue weighted by atomic mass is 16.2. The van der Waals surface area contributed by atoms with Gasteiger partial charge in [-0.2, -0.15) is 5.10 Å². The van der Waals surface area contributed by atoms with Gasteiger partial charge in [0.15, 0.2) is 0 Å². The standard InChI is InChI=1S/C17H22N4O/c1-12(18)13-7-9-21(10-8-13)17(22)16-11-15(19-20-16)14-5-3-2-4-6-14/h2-6,11-13H,7-10,18H2,1H3,(H,19,20). The molecule has 0 spiro atoms. The molecule has 1 aromatic carbocycles. The van der Waals surface area contributed by atoms with E-state index in [9.17, 15) is 4.79 Å². The number of hydrogen-bond donors (Lipinski definition) is 2. The molecule has 1 amide bonds. The van der Waals surface area contributed by atoms with Crippen LogP contribution in [-0.2, 0) is 0 Å². The summed E-state index contributed by atoms with van der Waals surface area (Å²) in [7, 11) is 0. The highest BCUT2D eigenvalue weighted by Crippen LogP contribution is 2.22. The van der Waals surface area contributed by atoms with Crippen molar-refractivity contribution >= 4 is 5.91 Å². The van der Waals surface area contributed by atoms with Gasteiger partial charge in [0.2, 0.25) is 0 Å². The van der Waals surface area contributed by atoms with Crippen LogP contribution in [0.25, 0.3) is 11.3 Å². The van der Waals surface area contributed by atoms with Gasteiger partial charge in [-0.05, 0) is 31.7 Å². The zero-order valence-corrected chi connectivity index (χ0v) is 12.8. The summed E-state index contributed by atoms with van der Waals surface area (Å²) in [6, 6.07) is 11.9. The number of aromatic nitrogens is 2. The molecule has 1 fully saturated rings. The molecule has 0 aliphatic carbocycles. The number of nitrogens with two attached hydrogens (primary N) is 1. The topological polar surface area (TPSA) is 75.0 Å². The van der Waals surface area contributed by atoms with Crippen molar-refractivity contribution in [3.05, 3.63) is 42.1 Å². The molecule has 3 rings (SSSR count). The van der Waals surface area contributed by atoms with Gasteiger partial charge in [0.1, 0.15) is 5.69 Å². The van der Waals surface area contributed by atoms with Crippen LogP contribution in [0.2, 0.25) is 0 Å². The lowest BCUT2D eigenvalue weighted by atomic mass is 9.91. The first-order valence-electron chi connectivity index (χ1n) is 7.81. The minimum Gasteiger partial charge on any atom is -0.337 e. The number of H-pyrrole nitrogens is 1. The summed E-state index contributed by atoms with van der Waals surface area (Å²) >= 11 is 0. The minimum absolute atomic E-state index is 0.0257. The van der Waals surface area contributed by atoms with Crippen molar-refractivity contribution in [3.63, 3.8) is 0 Å². The fourth-order valence-electron chi connectivity index (χ4n) is 2.99. The van der Waals surface area contributed by atoms with E-state index in [4.69, 9.17) is 5.73 Å². The monoisotopic (exact) mass is 298 g/mol. The summed E-state index contributed by atoms with van der Waals surface area (Å²) in [5.41, 5.74) is 8.31. The maximum absolute atomic E-state index is 12.5. The minimum atomic E-state index is 0.0257. The van der Waals surface area contributed by atoms with Crippen molar-refractivity contribution < 1.29 is 4.79 Å². The van der Waals surface area contributed by atoms with Gasteiger partial charge >= 0.3 is 0 Å². The molecule has 1 saturated heterocycles. The Balaban J connectivity index is 1.68. The lowest BCUT2D eigenvalue weighted by molar-refractivity contribution is 0.0675. The molecule has 1 aromatic heterocycles. The zero-order valence-electron chi connectivity index (χ0n) is 12.8. The number of nitrogens with zero attached hydrogens (tertiary/aromatic N) is 2. The van der Waals surface area contributed by atoms with E-state index in [2.05, 4.69) is 10.2 Å². The molecule has 5 heteroatoms. The molecule has 0 bridgehead atoms. The molecular weight excluding hydrogens is 276 g/mol. The van der Waals surface area contributed by atoms with Crippen molar-refractivity contribution in [2.24, 2.45) is 11.7 Å². The van der Waals surface area contributed by atoms with Gasteiger partial charge in [-0.3, -0.25) is 9.89 Å². The molecule has 0 radical (unpaired) electrons. The fraction of sp³-hybridized carbons (Fsp3) is 0.412. The average molecular weight is 298 g/mol. The molecule has 22 heavy (non-hydrogen) atoms. The lowest BCUT2D eigenvalue weighted by Crippen LogP contribution is -2.42. The summed E-state index contributed by atoms with van der Waals surface area (Å²) < 4.78 is 0. The molecule has 2 aromatic rings. The quantitative estimate of drug-likeness (QED) is 0.913. The molecule has 0 saturated carbocycles. The van der Waals surface area contributed by atoms with Crippen molar-refractivity contribution in [2.45, 2.75) is 25.8 Å². The number of carbonyl (C=O) groups excluding carboxylic acids is 1. The molecule has 1 aliphatic rings. The maximum atomic E-state index is 12.5. The Morgan fingerprint density at radius 1 is 1.32 bits per heavy atom. The Morgan fingerprint density at radius 3 is 2.64 bits per heavy atom. The van der Waals surface area contributed by atoms with E-state index in [1.807, 2.05) is 48.2 Å². The summed E-state index contributed by atoms with van der Waals surface area (Å²) in [4.78, 5) is 14.4. The third-order valence-electron chi connectivity index (χ3n) is 4.45. The highest BCUT2D eigenvalue weighted by Gasteiger charge is 2.26. The molecule has 1 aliphatic heterocycles. The number of aromatic amines is 1. The SMILES string of the molecule is CC(N)C1CCN(C(=O)c2cc(-c3ccccc3)n[nH]2)CC1. The van der Waals surface area contributed by atoms with E-state index in [1.165, 1.54) is 0 Å². The Labute approximate surface area is 130 Å². The normalized spacial score (nSPS) is 17.5. The van der Waals surface area contributed by atoms with Crippen molar-refractivity contribution in [1.29, 1.82) is 0 Å². The molecule has 116 valence electrons. The van der Waals surface area contributed by atoms with Crippen LogP contribution < -0.4 is 5.73 Å². The van der Waals surface area contributed by atoms with Crippen LogP contribution in [0.5, 0.6) is 0 Å². The number of nitrogens with one attached hydrogen (secondary N) is 1. The summed E-state index contributed by atoms with van der Waals surface area (Å²) in [5.74, 6) is 0.545. The van der Waals surface area contributed by atoms with E-state index in [-0.39, 0.29) is 11.9 Å². The predicted octanol–water partition coefficient (Wildman–Crippen LogP) is 2.28. The van der Waals surface area contributed by atoms with Gasteiger partial charge in [0.25, 0.3) is 5.91 Å². The number of hydrogen-bond acceptors (Lipinski definition) is 3. The van der Waals surface area contributed by atoms with Crippen LogP contribution in [0.4, 0.5) is 0 Å². The number of amides is 1. The Hall–Kier alpha value is -2.14. The first kappa shape index (κ1) is 14.8. The van der Waals surface area contributed by atoms with E-state index < -0.39 is 0 Å². The van der Waals surface area contributed by atoms with Gasteiger partial charge < -0.3 is 10.6 Å². The third kappa shape index (κ3) is 3.04. The lowest BCUT2D eigenvalue weighted by Gasteiger charge is -2.33. The molecule has 1 atom stereocenters. The Kier molecular flexibility index (Phi) is 4.24. The number of carbonyl (C=O) groups is 1. The van der Waals surface area contributed by atoms with Crippen LogP contribution >= 0.6 is 0 Å². The number of likely N-dealkylation sites (tertiary alicyclic amines) is 1.